The Kier molecular flexibility index (Phi) is 6.00. The summed E-state index contributed by atoms with van der Waals surface area (Å²) in [6, 6.07) is 10.1. The number of ether oxygens (including phenoxy) is 2. The summed E-state index contributed by atoms with van der Waals surface area (Å²) in [7, 11) is 0. The Labute approximate surface area is 199 Å². The predicted octanol–water partition coefficient (Wildman–Crippen LogP) is 3.61. The molecule has 1 unspecified atom stereocenters. The highest BCUT2D eigenvalue weighted by Crippen LogP contribution is 2.36. The van der Waals surface area contributed by atoms with Gasteiger partial charge in [-0.05, 0) is 54.1 Å². The molecule has 1 fully saturated rings. The van der Waals surface area contributed by atoms with Crippen LogP contribution < -0.4 is 15.4 Å². The first-order chi connectivity index (χ1) is 16.9. The van der Waals surface area contributed by atoms with Gasteiger partial charge >= 0.3 is 12.6 Å². The number of allylic oxidation sites excluding steroid dienone is 1. The maximum atomic E-state index is 13.0. The fourth-order valence-corrected chi connectivity index (χ4v) is 4.56. The van der Waals surface area contributed by atoms with E-state index in [1.807, 2.05) is 0 Å². The van der Waals surface area contributed by atoms with E-state index < -0.39 is 6.61 Å². The average molecular weight is 477 g/mol. The zero-order valence-electron chi connectivity index (χ0n) is 18.8. The number of carbonyl (C=O) groups excluding carboxylic acids is 2. The minimum Gasteiger partial charge on any atom is -0.462 e. The molecule has 1 aliphatic carbocycles. The molecule has 5 rings (SSSR count). The van der Waals surface area contributed by atoms with Crippen molar-refractivity contribution in [3.05, 3.63) is 75.5 Å². The van der Waals surface area contributed by atoms with Gasteiger partial charge in [-0.2, -0.15) is 8.78 Å². The molecule has 1 aliphatic heterocycles. The molecule has 2 heterocycles. The minimum absolute atomic E-state index is 0.0155. The average Bonchev–Trinajstić information content (AvgIpc) is 3.41. The first-order valence-electron chi connectivity index (χ1n) is 11.2. The molecular formula is C27H21F2NO5. The van der Waals surface area contributed by atoms with E-state index in [0.717, 1.165) is 11.1 Å². The van der Waals surface area contributed by atoms with Crippen LogP contribution in [-0.4, -0.2) is 36.5 Å². The van der Waals surface area contributed by atoms with E-state index in [1.54, 1.807) is 54.3 Å². The molecule has 1 atom stereocenters. The summed E-state index contributed by atoms with van der Waals surface area (Å²) in [4.78, 5) is 26.5. The van der Waals surface area contributed by atoms with Crippen LogP contribution in [0.5, 0.6) is 5.75 Å². The van der Waals surface area contributed by atoms with Crippen LogP contribution in [0.1, 0.15) is 40.7 Å². The van der Waals surface area contributed by atoms with Crippen molar-refractivity contribution in [2.45, 2.75) is 32.4 Å². The number of rotatable bonds is 7. The molecule has 2 aliphatic rings. The number of esters is 1. The maximum Gasteiger partial charge on any atom is 0.387 e. The number of alkyl halides is 2. The number of fused-ring (bicyclic) bond motifs is 3. The van der Waals surface area contributed by atoms with E-state index in [0.29, 0.717) is 41.3 Å². The molecule has 1 aromatic heterocycles. The minimum atomic E-state index is -2.99. The highest BCUT2D eigenvalue weighted by Gasteiger charge is 2.33. The van der Waals surface area contributed by atoms with Crippen molar-refractivity contribution >= 4 is 34.7 Å². The van der Waals surface area contributed by atoms with Crippen molar-refractivity contribution in [1.82, 2.24) is 4.90 Å². The molecule has 0 N–H and O–H groups in total. The van der Waals surface area contributed by atoms with Gasteiger partial charge in [-0.25, -0.2) is 4.79 Å². The molecule has 6 nitrogen and oxygen atoms in total. The number of hydrogen-bond acceptors (Lipinski definition) is 5. The fraction of sp³-hybridized carbons (Fsp3) is 0.259. The quantitative estimate of drug-likeness (QED) is 0.384. The van der Waals surface area contributed by atoms with Crippen LogP contribution in [-0.2, 0) is 16.1 Å². The van der Waals surface area contributed by atoms with Crippen LogP contribution in [0.15, 0.2) is 52.6 Å². The third kappa shape index (κ3) is 4.37. The topological polar surface area (TPSA) is 69.0 Å². The van der Waals surface area contributed by atoms with E-state index in [1.165, 1.54) is 6.07 Å². The summed E-state index contributed by atoms with van der Waals surface area (Å²) in [5.41, 5.74) is 8.43. The van der Waals surface area contributed by atoms with Crippen LogP contribution in [0.4, 0.5) is 8.78 Å². The summed E-state index contributed by atoms with van der Waals surface area (Å²) in [6.45, 7) is -0.0972. The molecule has 2 aromatic carbocycles. The zero-order valence-corrected chi connectivity index (χ0v) is 18.8. The molecule has 35 heavy (non-hydrogen) atoms. The summed E-state index contributed by atoms with van der Waals surface area (Å²) >= 11 is 0. The number of halogens is 2. The molecule has 0 radical (unpaired) electrons. The van der Waals surface area contributed by atoms with Crippen LogP contribution >= 0.6 is 0 Å². The summed E-state index contributed by atoms with van der Waals surface area (Å²) < 4.78 is 41.4. The Hall–Kier alpha value is -4.12. The molecule has 178 valence electrons. The second kappa shape index (κ2) is 9.26. The van der Waals surface area contributed by atoms with Gasteiger partial charge in [0.25, 0.3) is 0 Å². The lowest BCUT2D eigenvalue weighted by molar-refractivity contribution is -0.128. The second-order valence-corrected chi connectivity index (χ2v) is 8.28. The maximum absolute atomic E-state index is 13.0. The number of likely N-dealkylation sites (tertiary alicyclic amines) is 1. The first kappa shape index (κ1) is 22.7. The molecule has 0 bridgehead atoms. The van der Waals surface area contributed by atoms with Crippen molar-refractivity contribution < 1.29 is 32.3 Å². The molecule has 0 saturated carbocycles. The van der Waals surface area contributed by atoms with Crippen LogP contribution in [0.3, 0.4) is 0 Å². The van der Waals surface area contributed by atoms with Gasteiger partial charge in [0.1, 0.15) is 0 Å². The lowest BCUT2D eigenvalue weighted by Crippen LogP contribution is -2.24. The number of hydrogen-bond donors (Lipinski definition) is 0. The molecular weight excluding hydrogens is 456 g/mol. The SMILES string of the molecule is CCOC(=O)c1ccc(CN2CC(c3ccc(OC(F)F)c4oc5c(c34)=CC=C=C=5)CC2=O)cc1. The lowest BCUT2D eigenvalue weighted by Gasteiger charge is -2.18. The van der Waals surface area contributed by atoms with Gasteiger partial charge in [0.2, 0.25) is 5.91 Å². The smallest absolute Gasteiger partial charge is 0.387 e. The van der Waals surface area contributed by atoms with E-state index in [-0.39, 0.29) is 35.5 Å². The third-order valence-corrected chi connectivity index (χ3v) is 6.10. The number of carbonyl (C=O) groups is 2. The number of nitrogens with zero attached hydrogens (tertiary/aromatic N) is 1. The van der Waals surface area contributed by atoms with Gasteiger partial charge in [-0.3, -0.25) is 4.79 Å². The van der Waals surface area contributed by atoms with Gasteiger partial charge in [0.15, 0.2) is 16.7 Å². The second-order valence-electron chi connectivity index (χ2n) is 8.28. The highest BCUT2D eigenvalue weighted by molar-refractivity contribution is 5.91. The fourth-order valence-electron chi connectivity index (χ4n) is 4.56. The van der Waals surface area contributed by atoms with Gasteiger partial charge in [-0.15, -0.1) is 0 Å². The number of benzene rings is 2. The van der Waals surface area contributed by atoms with Crippen LogP contribution in [0.2, 0.25) is 0 Å². The Balaban J connectivity index is 1.43. The van der Waals surface area contributed by atoms with Crippen LogP contribution in [0, 0.1) is 0 Å². The summed E-state index contributed by atoms with van der Waals surface area (Å²) in [5, 5.41) is 1.34. The number of furan rings is 1. The molecule has 8 heteroatoms. The summed E-state index contributed by atoms with van der Waals surface area (Å²) in [6.07, 6.45) is 3.74. The Bertz CT molecular complexity index is 1510. The van der Waals surface area contributed by atoms with Gasteiger partial charge in [-0.1, -0.05) is 23.9 Å². The third-order valence-electron chi connectivity index (χ3n) is 6.10. The lowest BCUT2D eigenvalue weighted by atomic mass is 9.93. The van der Waals surface area contributed by atoms with Crippen molar-refractivity contribution in [2.75, 3.05) is 13.2 Å². The molecule has 1 saturated heterocycles. The van der Waals surface area contributed by atoms with Crippen LogP contribution in [0.25, 0.3) is 22.8 Å². The first-order valence-corrected chi connectivity index (χ1v) is 11.2. The zero-order chi connectivity index (χ0) is 24.5. The normalized spacial score (nSPS) is 16.4. The van der Waals surface area contributed by atoms with Crippen molar-refractivity contribution in [3.8, 4) is 5.75 Å². The highest BCUT2D eigenvalue weighted by atomic mass is 19.3. The summed E-state index contributed by atoms with van der Waals surface area (Å²) in [5.74, 6) is -0.624. The molecule has 1 amide bonds. The van der Waals surface area contributed by atoms with E-state index in [4.69, 9.17) is 9.15 Å². The number of amides is 1. The Morgan fingerprint density at radius 3 is 2.77 bits per heavy atom. The van der Waals surface area contributed by atoms with E-state index >= 15 is 0 Å². The Morgan fingerprint density at radius 1 is 1.23 bits per heavy atom. The molecule has 3 aromatic rings. The Morgan fingerprint density at radius 2 is 2.03 bits per heavy atom. The van der Waals surface area contributed by atoms with E-state index in [2.05, 4.69) is 16.2 Å². The standard InChI is InChI=1S/C27H21F2NO5/c1-2-33-26(32)17-9-7-16(8-10-17)14-30-15-18(13-23(30)31)19-11-12-22(35-27(28)29)25-24(19)20-5-3-4-6-21(20)34-25/h3,5,7-12,18,27H,2,13-15H2,1H3. The van der Waals surface area contributed by atoms with Crippen molar-refractivity contribution in [1.29, 1.82) is 0 Å². The molecule has 0 spiro atoms. The van der Waals surface area contributed by atoms with E-state index in [9.17, 15) is 18.4 Å². The monoisotopic (exact) mass is 477 g/mol. The van der Waals surface area contributed by atoms with Crippen molar-refractivity contribution in [3.63, 3.8) is 0 Å². The van der Waals surface area contributed by atoms with Gasteiger partial charge in [0, 0.05) is 36.0 Å². The largest absolute Gasteiger partial charge is 0.462 e. The predicted molar refractivity (Wildman–Crippen MR) is 123 cm³/mol. The van der Waals surface area contributed by atoms with Gasteiger partial charge < -0.3 is 18.8 Å². The van der Waals surface area contributed by atoms with Gasteiger partial charge in [0.05, 0.1) is 12.2 Å². The van der Waals surface area contributed by atoms with Crippen molar-refractivity contribution in [2.24, 2.45) is 0 Å².